The molecule has 1 aromatic rings. The number of carbonyl (C=O) groups is 1. The van der Waals surface area contributed by atoms with Crippen LogP contribution in [0.15, 0.2) is 18.2 Å². The predicted molar refractivity (Wildman–Crippen MR) is 88.0 cm³/mol. The molecular formula is C19H26N2O. The van der Waals surface area contributed by atoms with Gasteiger partial charge in [-0.25, -0.2) is 0 Å². The summed E-state index contributed by atoms with van der Waals surface area (Å²) in [5.41, 5.74) is 4.83. The normalized spacial score (nSPS) is 34.0. The van der Waals surface area contributed by atoms with Crippen molar-refractivity contribution in [2.75, 3.05) is 26.7 Å². The van der Waals surface area contributed by atoms with Crippen molar-refractivity contribution in [2.24, 2.45) is 5.92 Å². The van der Waals surface area contributed by atoms with Crippen LogP contribution in [0.2, 0.25) is 0 Å². The molecule has 1 aromatic carbocycles. The van der Waals surface area contributed by atoms with E-state index in [4.69, 9.17) is 0 Å². The molecule has 1 amide bonds. The molecule has 1 aliphatic carbocycles. The van der Waals surface area contributed by atoms with E-state index in [1.54, 1.807) is 18.1 Å². The minimum Gasteiger partial charge on any atom is -0.343 e. The number of rotatable bonds is 0. The lowest BCUT2D eigenvalue weighted by Crippen LogP contribution is -2.65. The summed E-state index contributed by atoms with van der Waals surface area (Å²) in [6.07, 6.45) is 3.52. The predicted octanol–water partition coefficient (Wildman–Crippen LogP) is 2.36. The molecule has 0 spiro atoms. The second-order valence-corrected chi connectivity index (χ2v) is 7.64. The summed E-state index contributed by atoms with van der Waals surface area (Å²) >= 11 is 0. The highest BCUT2D eigenvalue weighted by atomic mass is 16.2. The number of benzene rings is 1. The van der Waals surface area contributed by atoms with E-state index < -0.39 is 0 Å². The number of likely N-dealkylation sites (tertiary alicyclic amines) is 2. The highest BCUT2D eigenvalue weighted by molar-refractivity contribution is 5.73. The summed E-state index contributed by atoms with van der Waals surface area (Å²) in [5, 5.41) is 0. The highest BCUT2D eigenvalue weighted by Crippen LogP contribution is 2.52. The summed E-state index contributed by atoms with van der Waals surface area (Å²) in [5.74, 6) is 0.837. The van der Waals surface area contributed by atoms with Gasteiger partial charge in [0.2, 0.25) is 5.91 Å². The monoisotopic (exact) mass is 298 g/mol. The third-order valence-corrected chi connectivity index (χ3v) is 6.57. The van der Waals surface area contributed by atoms with Gasteiger partial charge in [-0.2, -0.15) is 0 Å². The van der Waals surface area contributed by atoms with Gasteiger partial charge in [-0.15, -0.1) is 0 Å². The van der Waals surface area contributed by atoms with Crippen molar-refractivity contribution in [3.63, 3.8) is 0 Å². The van der Waals surface area contributed by atoms with Gasteiger partial charge in [-0.05, 0) is 50.9 Å². The molecule has 2 heterocycles. The largest absolute Gasteiger partial charge is 0.343 e. The lowest BCUT2D eigenvalue weighted by Gasteiger charge is -2.60. The number of piperidine rings is 2. The molecule has 0 radical (unpaired) electrons. The number of carbonyl (C=O) groups excluding carboxylic acids is 1. The van der Waals surface area contributed by atoms with Crippen LogP contribution in [-0.2, 0) is 16.6 Å². The fourth-order valence-electron chi connectivity index (χ4n) is 5.28. The van der Waals surface area contributed by atoms with Gasteiger partial charge in [0, 0.05) is 37.4 Å². The van der Waals surface area contributed by atoms with Crippen LogP contribution in [0, 0.1) is 12.8 Å². The van der Waals surface area contributed by atoms with Gasteiger partial charge in [-0.3, -0.25) is 4.79 Å². The first kappa shape index (κ1) is 14.3. The molecule has 2 aliphatic heterocycles. The number of amides is 1. The van der Waals surface area contributed by atoms with Crippen molar-refractivity contribution < 1.29 is 4.79 Å². The first-order chi connectivity index (χ1) is 10.5. The average Bonchev–Trinajstić information content (AvgIpc) is 2.51. The number of likely N-dealkylation sites (N-methyl/N-ethyl adjacent to an activating group) is 1. The van der Waals surface area contributed by atoms with Crippen LogP contribution in [0.3, 0.4) is 0 Å². The van der Waals surface area contributed by atoms with Crippen molar-refractivity contribution in [3.05, 3.63) is 34.9 Å². The summed E-state index contributed by atoms with van der Waals surface area (Å²) in [6.45, 7) is 6.98. The van der Waals surface area contributed by atoms with Crippen LogP contribution >= 0.6 is 0 Å². The lowest BCUT2D eigenvalue weighted by molar-refractivity contribution is -0.134. The molecule has 22 heavy (non-hydrogen) atoms. The number of hydrogen-bond donors (Lipinski definition) is 0. The highest BCUT2D eigenvalue weighted by Gasteiger charge is 2.54. The van der Waals surface area contributed by atoms with Crippen molar-refractivity contribution in [3.8, 4) is 0 Å². The van der Waals surface area contributed by atoms with E-state index in [-0.39, 0.29) is 5.91 Å². The van der Waals surface area contributed by atoms with Crippen LogP contribution in [0.4, 0.5) is 0 Å². The van der Waals surface area contributed by atoms with Crippen molar-refractivity contribution in [1.82, 2.24) is 9.80 Å². The minimum atomic E-state index is 0.241. The molecule has 2 fully saturated rings. The molecule has 0 saturated carbocycles. The van der Waals surface area contributed by atoms with E-state index in [9.17, 15) is 4.79 Å². The van der Waals surface area contributed by atoms with Crippen molar-refractivity contribution >= 4 is 5.91 Å². The Morgan fingerprint density at radius 2 is 2.05 bits per heavy atom. The fraction of sp³-hybridized carbons (Fsp3) is 0.632. The molecule has 0 aromatic heterocycles. The van der Waals surface area contributed by atoms with E-state index in [0.717, 1.165) is 25.9 Å². The van der Waals surface area contributed by atoms with E-state index in [1.807, 2.05) is 0 Å². The zero-order valence-corrected chi connectivity index (χ0v) is 13.9. The van der Waals surface area contributed by atoms with Gasteiger partial charge in [0.15, 0.2) is 0 Å². The molecule has 0 unspecified atom stereocenters. The average molecular weight is 298 g/mol. The smallest absolute Gasteiger partial charge is 0.219 e. The third-order valence-electron chi connectivity index (χ3n) is 6.57. The van der Waals surface area contributed by atoms with Gasteiger partial charge in [0.25, 0.3) is 0 Å². The Hall–Kier alpha value is -1.35. The fourth-order valence-corrected chi connectivity index (χ4v) is 5.28. The Balaban J connectivity index is 1.82. The molecular weight excluding hydrogens is 272 g/mol. The maximum absolute atomic E-state index is 11.9. The molecule has 2 saturated heterocycles. The summed E-state index contributed by atoms with van der Waals surface area (Å²) in [7, 11) is 2.26. The van der Waals surface area contributed by atoms with Gasteiger partial charge in [0.05, 0.1) is 0 Å². The quantitative estimate of drug-likeness (QED) is 0.734. The SMILES string of the molecule is CC(=O)N1CC[C@]23CCN(C)[C@H](Cc4ccc(C)cc42)[C@@H]3C1. The lowest BCUT2D eigenvalue weighted by atomic mass is 9.54. The van der Waals surface area contributed by atoms with Crippen LogP contribution in [-0.4, -0.2) is 48.4 Å². The molecule has 4 rings (SSSR count). The minimum absolute atomic E-state index is 0.241. The molecule has 3 aliphatic rings. The molecule has 118 valence electrons. The molecule has 2 bridgehead atoms. The van der Waals surface area contributed by atoms with E-state index in [2.05, 4.69) is 42.0 Å². The summed E-state index contributed by atoms with van der Waals surface area (Å²) in [4.78, 5) is 16.5. The number of fused-ring (bicyclic) bond motifs is 1. The third kappa shape index (κ3) is 1.88. The maximum atomic E-state index is 11.9. The van der Waals surface area contributed by atoms with Crippen molar-refractivity contribution in [1.29, 1.82) is 0 Å². The second-order valence-electron chi connectivity index (χ2n) is 7.64. The Kier molecular flexibility index (Phi) is 3.12. The molecule has 3 nitrogen and oxygen atoms in total. The summed E-state index contributed by atoms with van der Waals surface area (Å²) < 4.78 is 0. The van der Waals surface area contributed by atoms with E-state index in [1.165, 1.54) is 18.5 Å². The zero-order chi connectivity index (χ0) is 15.5. The Morgan fingerprint density at radius 1 is 1.27 bits per heavy atom. The number of aryl methyl sites for hydroxylation is 1. The van der Waals surface area contributed by atoms with E-state index >= 15 is 0 Å². The second kappa shape index (κ2) is 4.82. The molecule has 3 atom stereocenters. The van der Waals surface area contributed by atoms with Crippen molar-refractivity contribution in [2.45, 2.75) is 44.6 Å². The Bertz CT molecular complexity index is 626. The van der Waals surface area contributed by atoms with E-state index in [0.29, 0.717) is 17.4 Å². The van der Waals surface area contributed by atoms with Gasteiger partial charge in [0.1, 0.15) is 0 Å². The van der Waals surface area contributed by atoms with Crippen LogP contribution in [0.5, 0.6) is 0 Å². The van der Waals surface area contributed by atoms with Gasteiger partial charge in [-0.1, -0.05) is 23.8 Å². The maximum Gasteiger partial charge on any atom is 0.219 e. The number of nitrogens with zero attached hydrogens (tertiary/aromatic N) is 2. The van der Waals surface area contributed by atoms with Crippen LogP contribution in [0.1, 0.15) is 36.5 Å². The van der Waals surface area contributed by atoms with Crippen LogP contribution < -0.4 is 0 Å². The zero-order valence-electron chi connectivity index (χ0n) is 13.9. The van der Waals surface area contributed by atoms with Crippen LogP contribution in [0.25, 0.3) is 0 Å². The Morgan fingerprint density at radius 3 is 2.82 bits per heavy atom. The number of hydrogen-bond acceptors (Lipinski definition) is 2. The Labute approximate surface area is 133 Å². The van der Waals surface area contributed by atoms with Gasteiger partial charge < -0.3 is 9.80 Å². The molecule has 3 heteroatoms. The molecule has 0 N–H and O–H groups in total. The first-order valence-electron chi connectivity index (χ1n) is 8.57. The summed E-state index contributed by atoms with van der Waals surface area (Å²) in [6, 6.07) is 7.64. The first-order valence-corrected chi connectivity index (χ1v) is 8.57. The standard InChI is InChI=1S/C19H26N2O/c1-13-4-5-15-11-18-17-12-21(14(2)22)9-7-19(17,16(15)10-13)6-8-20(18)3/h4-5,10,17-18H,6-9,11-12H2,1-3H3/t17-,18+,19+/m0/s1. The topological polar surface area (TPSA) is 23.6 Å². The van der Waals surface area contributed by atoms with Gasteiger partial charge >= 0.3 is 0 Å².